The lowest BCUT2D eigenvalue weighted by Crippen LogP contribution is -3.18. The zero-order valence-electron chi connectivity index (χ0n) is 14.5. The molecule has 3 aliphatic rings. The second-order valence-electron chi connectivity index (χ2n) is 7.92. The van der Waals surface area contributed by atoms with Crippen LogP contribution in [0, 0.1) is 11.1 Å². The lowest BCUT2D eigenvalue weighted by atomic mass is 9.83. The fourth-order valence-electron chi connectivity index (χ4n) is 5.22. The highest BCUT2D eigenvalue weighted by Crippen LogP contribution is 2.26. The third-order valence-electron chi connectivity index (χ3n) is 6.73. The van der Waals surface area contributed by atoms with Gasteiger partial charge in [-0.3, -0.25) is 4.79 Å². The molecule has 2 saturated carbocycles. The van der Waals surface area contributed by atoms with Crippen molar-refractivity contribution in [1.29, 1.82) is 0 Å². The number of carbonyl (C=O) groups is 1. The highest BCUT2D eigenvalue weighted by atomic mass is 16.8. The number of rotatable bonds is 4. The third kappa shape index (κ3) is 3.46. The van der Waals surface area contributed by atoms with E-state index in [-0.39, 0.29) is 12.0 Å². The van der Waals surface area contributed by atoms with Crippen LogP contribution in [0.2, 0.25) is 0 Å². The van der Waals surface area contributed by atoms with Crippen molar-refractivity contribution >= 4 is 5.78 Å². The second-order valence-corrected chi connectivity index (χ2v) is 7.92. The minimum atomic E-state index is -0.725. The summed E-state index contributed by atoms with van der Waals surface area (Å²) in [6.07, 6.45) is 8.52. The number of hydrogen-bond donors (Lipinski definition) is 3. The number of hydroxylamine groups is 2. The van der Waals surface area contributed by atoms with Crippen LogP contribution in [0.15, 0.2) is 0 Å². The molecule has 0 aromatic carbocycles. The van der Waals surface area contributed by atoms with E-state index in [1.165, 1.54) is 30.6 Å². The van der Waals surface area contributed by atoms with E-state index >= 15 is 0 Å². The Hall–Kier alpha value is -0.530. The molecule has 6 nitrogen and oxygen atoms in total. The molecule has 3 rings (SSSR count). The van der Waals surface area contributed by atoms with Gasteiger partial charge in [-0.1, -0.05) is 6.42 Å². The SMILES string of the molecule is CC1N(C)C2CCCCC2[NH+]1CC(=O)C1CCCC([NH+]([O-])O)C1. The van der Waals surface area contributed by atoms with Crippen molar-refractivity contribution in [2.75, 3.05) is 13.6 Å². The Kier molecular flexibility index (Phi) is 5.38. The Morgan fingerprint density at radius 1 is 1.26 bits per heavy atom. The van der Waals surface area contributed by atoms with E-state index in [9.17, 15) is 15.2 Å². The predicted octanol–water partition coefficient (Wildman–Crippen LogP) is -0.626. The van der Waals surface area contributed by atoms with Crippen LogP contribution in [0.25, 0.3) is 0 Å². The van der Waals surface area contributed by atoms with Gasteiger partial charge in [0.1, 0.15) is 24.8 Å². The summed E-state index contributed by atoms with van der Waals surface area (Å²) in [6, 6.07) is 0.903. The highest BCUT2D eigenvalue weighted by molar-refractivity contribution is 5.82. The molecule has 7 atom stereocenters. The van der Waals surface area contributed by atoms with Crippen molar-refractivity contribution in [1.82, 2.24) is 4.90 Å². The monoisotopic (exact) mass is 326 g/mol. The minimum absolute atomic E-state index is 0.0301. The Morgan fingerprint density at radius 2 is 2.00 bits per heavy atom. The molecule has 6 heteroatoms. The summed E-state index contributed by atoms with van der Waals surface area (Å²) in [5.41, 5.74) is 0. The molecule has 0 radical (unpaired) electrons. The van der Waals surface area contributed by atoms with Crippen molar-refractivity contribution in [3.05, 3.63) is 5.21 Å². The number of Topliss-reactive ketones (excluding diaryl/α,β-unsaturated/α-hetero) is 1. The number of quaternary nitrogens is 2. The molecule has 1 saturated heterocycles. The van der Waals surface area contributed by atoms with Crippen LogP contribution in [0.3, 0.4) is 0 Å². The van der Waals surface area contributed by atoms with Gasteiger partial charge in [0.25, 0.3) is 0 Å². The van der Waals surface area contributed by atoms with Crippen LogP contribution in [-0.4, -0.2) is 53.8 Å². The van der Waals surface area contributed by atoms with Crippen LogP contribution in [0.1, 0.15) is 58.3 Å². The van der Waals surface area contributed by atoms with Gasteiger partial charge >= 0.3 is 0 Å². The molecule has 0 amide bonds. The zero-order chi connectivity index (χ0) is 16.6. The first-order chi connectivity index (χ1) is 11.0. The first-order valence-electron chi connectivity index (χ1n) is 9.32. The Labute approximate surface area is 138 Å². The van der Waals surface area contributed by atoms with E-state index < -0.39 is 5.23 Å². The molecule has 0 bridgehead atoms. The van der Waals surface area contributed by atoms with Gasteiger partial charge in [0, 0.05) is 32.1 Å². The molecule has 23 heavy (non-hydrogen) atoms. The molecule has 2 aliphatic carbocycles. The maximum atomic E-state index is 12.8. The summed E-state index contributed by atoms with van der Waals surface area (Å²) in [5.74, 6) is 0.273. The van der Waals surface area contributed by atoms with Gasteiger partial charge in [-0.2, -0.15) is 0 Å². The maximum absolute atomic E-state index is 12.8. The Morgan fingerprint density at radius 3 is 2.74 bits per heavy atom. The van der Waals surface area contributed by atoms with Crippen molar-refractivity contribution in [2.24, 2.45) is 5.92 Å². The molecule has 3 fully saturated rings. The standard InChI is InChI=1S/C17H31N3O3/c1-12-18(2)15-8-3-4-9-16(15)19(12)11-17(21)13-6-5-7-14(10-13)20(22)23/h12-16,20,22H,3-11H2,1-2H3/p+1. The van der Waals surface area contributed by atoms with E-state index in [4.69, 9.17) is 0 Å². The number of fused-ring (bicyclic) bond motifs is 1. The van der Waals surface area contributed by atoms with Crippen LogP contribution >= 0.6 is 0 Å². The molecule has 132 valence electrons. The van der Waals surface area contributed by atoms with Gasteiger partial charge in [-0.15, -0.1) is 0 Å². The predicted molar refractivity (Wildman–Crippen MR) is 86.0 cm³/mol. The van der Waals surface area contributed by atoms with E-state index in [2.05, 4.69) is 18.9 Å². The van der Waals surface area contributed by atoms with Gasteiger partial charge in [0.15, 0.2) is 5.78 Å². The molecule has 1 heterocycles. The summed E-state index contributed by atoms with van der Waals surface area (Å²) in [6.45, 7) is 2.82. The smallest absolute Gasteiger partial charge is 0.190 e. The molecule has 7 unspecified atom stereocenters. The molecular formula is C17H32N3O3+. The fourth-order valence-corrected chi connectivity index (χ4v) is 5.22. The molecular weight excluding hydrogens is 294 g/mol. The zero-order valence-corrected chi connectivity index (χ0v) is 14.5. The average molecular weight is 326 g/mol. The van der Waals surface area contributed by atoms with E-state index in [0.717, 1.165) is 19.3 Å². The normalized spacial score (nSPS) is 43.1. The number of ketones is 1. The van der Waals surface area contributed by atoms with Crippen LogP contribution in [0.4, 0.5) is 0 Å². The fraction of sp³-hybridized carbons (Fsp3) is 0.941. The average Bonchev–Trinajstić information content (AvgIpc) is 2.80. The van der Waals surface area contributed by atoms with Crippen LogP contribution < -0.4 is 10.1 Å². The Bertz CT molecular complexity index is 431. The minimum Gasteiger partial charge on any atom is -0.600 e. The number of nitrogens with zero attached hydrogens (tertiary/aromatic N) is 1. The largest absolute Gasteiger partial charge is 0.600 e. The summed E-state index contributed by atoms with van der Waals surface area (Å²) >= 11 is 0. The maximum Gasteiger partial charge on any atom is 0.190 e. The third-order valence-corrected chi connectivity index (χ3v) is 6.73. The molecule has 3 N–H and O–H groups in total. The molecule has 1 aliphatic heterocycles. The number of likely N-dealkylation sites (N-methyl/N-ethyl adjacent to an activating group) is 1. The topological polar surface area (TPSA) is 72.5 Å². The quantitative estimate of drug-likeness (QED) is 0.602. The van der Waals surface area contributed by atoms with Crippen molar-refractivity contribution in [3.8, 4) is 0 Å². The first-order valence-corrected chi connectivity index (χ1v) is 9.32. The van der Waals surface area contributed by atoms with Gasteiger partial charge < -0.3 is 10.1 Å². The molecule has 0 spiro atoms. The number of hydrogen-bond acceptors (Lipinski definition) is 4. The second kappa shape index (κ2) is 7.15. The van der Waals surface area contributed by atoms with Crippen molar-refractivity contribution in [2.45, 2.75) is 82.6 Å². The number of nitrogens with one attached hydrogen (secondary N) is 2. The molecule has 0 aromatic heterocycles. The molecule has 0 aromatic rings. The van der Waals surface area contributed by atoms with Crippen LogP contribution in [-0.2, 0) is 4.79 Å². The van der Waals surface area contributed by atoms with Gasteiger partial charge in [0.2, 0.25) is 0 Å². The summed E-state index contributed by atoms with van der Waals surface area (Å²) in [7, 11) is 2.20. The Balaban J connectivity index is 1.62. The van der Waals surface area contributed by atoms with Crippen molar-refractivity contribution < 1.29 is 20.1 Å². The van der Waals surface area contributed by atoms with Crippen molar-refractivity contribution in [3.63, 3.8) is 0 Å². The van der Waals surface area contributed by atoms with Crippen LogP contribution in [0.5, 0.6) is 0 Å². The van der Waals surface area contributed by atoms with E-state index in [1.807, 2.05) is 0 Å². The summed E-state index contributed by atoms with van der Waals surface area (Å²) in [4.78, 5) is 16.7. The van der Waals surface area contributed by atoms with E-state index in [0.29, 0.717) is 37.0 Å². The summed E-state index contributed by atoms with van der Waals surface area (Å²) in [5, 5.41) is 19.7. The summed E-state index contributed by atoms with van der Waals surface area (Å²) < 4.78 is 0. The number of carbonyl (C=O) groups excluding carboxylic acids is 1. The van der Waals surface area contributed by atoms with Gasteiger partial charge in [0.05, 0.1) is 6.04 Å². The lowest BCUT2D eigenvalue weighted by Gasteiger charge is -2.33. The van der Waals surface area contributed by atoms with Gasteiger partial charge in [-0.25, -0.2) is 15.3 Å². The lowest BCUT2D eigenvalue weighted by molar-refractivity contribution is -1.07. The highest BCUT2D eigenvalue weighted by Gasteiger charge is 2.48. The first kappa shape index (κ1) is 17.3. The van der Waals surface area contributed by atoms with Gasteiger partial charge in [-0.05, 0) is 32.7 Å². The van der Waals surface area contributed by atoms with E-state index in [1.54, 1.807) is 0 Å².